The van der Waals surface area contributed by atoms with Gasteiger partial charge in [-0.2, -0.15) is 0 Å². The number of carbonyl (C=O) groups is 2. The highest BCUT2D eigenvalue weighted by atomic mass is 19.2. The van der Waals surface area contributed by atoms with Crippen molar-refractivity contribution >= 4 is 23.6 Å². The van der Waals surface area contributed by atoms with Gasteiger partial charge in [0.25, 0.3) is 0 Å². The number of halogens is 4. The fourth-order valence-corrected chi connectivity index (χ4v) is 3.32. The first kappa shape index (κ1) is 22.0. The maximum atomic E-state index is 15.0. The minimum atomic E-state index is -1.65. The maximum Gasteiger partial charge on any atom is 0.340 e. The third kappa shape index (κ3) is 3.75. The number of ether oxygens (including phenoxy) is 1. The van der Waals surface area contributed by atoms with E-state index in [4.69, 9.17) is 0 Å². The van der Waals surface area contributed by atoms with Crippen LogP contribution in [0.25, 0.3) is 22.3 Å². The molecule has 3 aromatic carbocycles. The van der Waals surface area contributed by atoms with Crippen LogP contribution >= 0.6 is 0 Å². The molecule has 0 aromatic heterocycles. The highest BCUT2D eigenvalue weighted by Crippen LogP contribution is 2.39. The summed E-state index contributed by atoms with van der Waals surface area (Å²) in [6.07, 6.45) is 0.438. The summed E-state index contributed by atoms with van der Waals surface area (Å²) in [5.74, 6) is -7.42. The van der Waals surface area contributed by atoms with Crippen molar-refractivity contribution in [2.75, 3.05) is 19.5 Å². The molecule has 0 amide bonds. The molecule has 0 atom stereocenters. The van der Waals surface area contributed by atoms with Gasteiger partial charge in [0.1, 0.15) is 12.0 Å². The first-order valence-corrected chi connectivity index (χ1v) is 8.93. The average Bonchev–Trinajstić information content (AvgIpc) is 2.77. The predicted molar refractivity (Wildman–Crippen MR) is 106 cm³/mol. The molecule has 0 bridgehead atoms. The number of anilines is 1. The molecule has 0 spiro atoms. The molecule has 5 nitrogen and oxygen atoms in total. The summed E-state index contributed by atoms with van der Waals surface area (Å²) in [5, 5.41) is 2.72. The van der Waals surface area contributed by atoms with Gasteiger partial charge in [0.2, 0.25) is 0 Å². The molecule has 0 heterocycles. The molecule has 3 rings (SSSR count). The van der Waals surface area contributed by atoms with Crippen molar-refractivity contribution < 1.29 is 37.6 Å². The molecule has 0 saturated carbocycles. The number of hydrogen-bond donors (Lipinski definition) is 2. The number of methoxy groups -OCH3 is 1. The second kappa shape index (κ2) is 8.57. The summed E-state index contributed by atoms with van der Waals surface area (Å²) in [4.78, 5) is 23.0. The molecule has 0 aliphatic rings. The van der Waals surface area contributed by atoms with Crippen LogP contribution in [0.1, 0.15) is 20.7 Å². The van der Waals surface area contributed by atoms with Crippen LogP contribution in [0, 0.1) is 23.3 Å². The lowest BCUT2D eigenvalue weighted by Crippen LogP contribution is -2.41. The molecule has 160 valence electrons. The van der Waals surface area contributed by atoms with Crippen molar-refractivity contribution in [3.8, 4) is 22.3 Å². The minimum absolute atomic E-state index is 0.0771. The molecule has 4 N–H and O–H groups in total. The normalized spacial score (nSPS) is 10.7. The molecule has 0 fully saturated rings. The Kier molecular flexibility index (Phi) is 6.07. The van der Waals surface area contributed by atoms with E-state index in [1.807, 2.05) is 0 Å². The number of hydrogen-bond acceptors (Lipinski definition) is 4. The maximum absolute atomic E-state index is 15.0. The molecule has 31 heavy (non-hydrogen) atoms. The number of nitrogens with one attached hydrogen (secondary N) is 1. The number of quaternary nitrogens is 1. The standard InChI is InChI=1S/C22H16F4N2O3/c1-28-21-13(22(30)31-2)7-12(8-14(21)27)16-19(25)17(23)15(18(24)20(16)26)11-5-3-4-10(6-11)9-29/h3-9,28H,27H2,1-2H3/p+1. The van der Waals surface area contributed by atoms with Gasteiger partial charge in [-0.3, -0.25) is 4.79 Å². The fourth-order valence-electron chi connectivity index (χ4n) is 3.32. The van der Waals surface area contributed by atoms with E-state index in [0.29, 0.717) is 6.29 Å². The van der Waals surface area contributed by atoms with E-state index in [1.165, 1.54) is 31.3 Å². The zero-order valence-electron chi connectivity index (χ0n) is 16.5. The first-order chi connectivity index (χ1) is 14.7. The number of benzene rings is 3. The van der Waals surface area contributed by atoms with Crippen molar-refractivity contribution in [1.29, 1.82) is 0 Å². The lowest BCUT2D eigenvalue weighted by atomic mass is 9.94. The summed E-state index contributed by atoms with van der Waals surface area (Å²) in [6, 6.07) is 7.28. The molecular weight excluding hydrogens is 416 g/mol. The molecule has 0 aliphatic carbocycles. The summed E-state index contributed by atoms with van der Waals surface area (Å²) in [5.41, 5.74) is 1.61. The molecule has 0 unspecified atom stereocenters. The van der Waals surface area contributed by atoms with Crippen molar-refractivity contribution in [3.63, 3.8) is 0 Å². The Hall–Kier alpha value is -3.72. The minimum Gasteiger partial charge on any atom is -0.465 e. The molecule has 0 radical (unpaired) electrons. The summed E-state index contributed by atoms with van der Waals surface area (Å²) < 4.78 is 64.4. The van der Waals surface area contributed by atoms with E-state index in [1.54, 1.807) is 0 Å². The zero-order chi connectivity index (χ0) is 22.9. The summed E-state index contributed by atoms with van der Waals surface area (Å²) in [6.45, 7) is 0. The van der Waals surface area contributed by atoms with Crippen molar-refractivity contribution in [3.05, 3.63) is 70.8 Å². The Bertz CT molecular complexity index is 1180. The Morgan fingerprint density at radius 1 is 0.968 bits per heavy atom. The average molecular weight is 433 g/mol. The van der Waals surface area contributed by atoms with Crippen LogP contribution < -0.4 is 11.1 Å². The van der Waals surface area contributed by atoms with Crippen LogP contribution in [0.2, 0.25) is 0 Å². The SMILES string of the molecule is CNc1c([NH3+])cc(-c2c(F)c(F)c(-c3cccc(C=O)c3)c(F)c2F)cc1C(=O)OC. The second-order valence-electron chi connectivity index (χ2n) is 6.55. The highest BCUT2D eigenvalue weighted by molar-refractivity contribution is 6.00. The van der Waals surface area contributed by atoms with E-state index in [-0.39, 0.29) is 33.6 Å². The summed E-state index contributed by atoms with van der Waals surface area (Å²) in [7, 11) is 2.61. The Labute approximate surface area is 174 Å². The van der Waals surface area contributed by atoms with Crippen LogP contribution in [-0.4, -0.2) is 26.4 Å². The second-order valence-corrected chi connectivity index (χ2v) is 6.55. The van der Waals surface area contributed by atoms with Crippen molar-refractivity contribution in [2.45, 2.75) is 0 Å². The van der Waals surface area contributed by atoms with Crippen LogP contribution in [0.3, 0.4) is 0 Å². The van der Waals surface area contributed by atoms with E-state index >= 15 is 0 Å². The monoisotopic (exact) mass is 433 g/mol. The van der Waals surface area contributed by atoms with Gasteiger partial charge >= 0.3 is 5.97 Å². The Balaban J connectivity index is 2.31. The van der Waals surface area contributed by atoms with Gasteiger partial charge in [0.15, 0.2) is 29.0 Å². The highest BCUT2D eigenvalue weighted by Gasteiger charge is 2.29. The smallest absolute Gasteiger partial charge is 0.340 e. The van der Waals surface area contributed by atoms with E-state index in [2.05, 4.69) is 15.8 Å². The first-order valence-electron chi connectivity index (χ1n) is 8.93. The summed E-state index contributed by atoms with van der Waals surface area (Å²) >= 11 is 0. The van der Waals surface area contributed by atoms with Gasteiger partial charge in [-0.15, -0.1) is 0 Å². The number of esters is 1. The van der Waals surface area contributed by atoms with Crippen LogP contribution in [-0.2, 0) is 4.74 Å². The molecule has 0 saturated heterocycles. The fraction of sp³-hybridized carbons (Fsp3) is 0.0909. The van der Waals surface area contributed by atoms with Gasteiger partial charge in [0.05, 0.1) is 23.8 Å². The van der Waals surface area contributed by atoms with E-state index < -0.39 is 40.4 Å². The number of rotatable bonds is 5. The van der Waals surface area contributed by atoms with Crippen molar-refractivity contribution in [1.82, 2.24) is 0 Å². The lowest BCUT2D eigenvalue weighted by molar-refractivity contribution is -0.253. The van der Waals surface area contributed by atoms with Gasteiger partial charge in [-0.05, 0) is 23.3 Å². The third-order valence-corrected chi connectivity index (χ3v) is 4.74. The molecule has 9 heteroatoms. The third-order valence-electron chi connectivity index (χ3n) is 4.74. The molecule has 3 aromatic rings. The van der Waals surface area contributed by atoms with E-state index in [9.17, 15) is 27.2 Å². The quantitative estimate of drug-likeness (QED) is 0.275. The topological polar surface area (TPSA) is 83.0 Å². The molecule has 0 aliphatic heterocycles. The Morgan fingerprint density at radius 2 is 1.55 bits per heavy atom. The number of aldehydes is 1. The van der Waals surface area contributed by atoms with Crippen LogP contribution in [0.15, 0.2) is 36.4 Å². The molecular formula is C22H17F4N2O3+. The van der Waals surface area contributed by atoms with Gasteiger partial charge < -0.3 is 15.8 Å². The van der Waals surface area contributed by atoms with Crippen molar-refractivity contribution in [2.24, 2.45) is 0 Å². The number of carbonyl (C=O) groups excluding carboxylic acids is 2. The van der Waals surface area contributed by atoms with Crippen LogP contribution in [0.5, 0.6) is 0 Å². The van der Waals surface area contributed by atoms with E-state index in [0.717, 1.165) is 19.2 Å². The van der Waals surface area contributed by atoms with Gasteiger partial charge in [0, 0.05) is 18.7 Å². The van der Waals surface area contributed by atoms with Crippen LogP contribution in [0.4, 0.5) is 28.9 Å². The zero-order valence-corrected chi connectivity index (χ0v) is 16.5. The lowest BCUT2D eigenvalue weighted by Gasteiger charge is -2.15. The largest absolute Gasteiger partial charge is 0.465 e. The van der Waals surface area contributed by atoms with Gasteiger partial charge in [-0.1, -0.05) is 18.2 Å². The predicted octanol–water partition coefficient (Wildman–Crippen LogP) is 4.09. The van der Waals surface area contributed by atoms with Gasteiger partial charge in [-0.25, -0.2) is 22.4 Å². The Morgan fingerprint density at radius 3 is 2.06 bits per heavy atom.